The number of para-hydroxylation sites is 1. The third-order valence-electron chi connectivity index (χ3n) is 4.78. The summed E-state index contributed by atoms with van der Waals surface area (Å²) in [7, 11) is 3.25. The number of hydrogen-bond donors (Lipinski definition) is 1. The van der Waals surface area contributed by atoms with Crippen LogP contribution in [0.3, 0.4) is 0 Å². The predicted octanol–water partition coefficient (Wildman–Crippen LogP) is 5.30. The van der Waals surface area contributed by atoms with E-state index in [1.54, 1.807) is 38.6 Å². The van der Waals surface area contributed by atoms with Crippen LogP contribution in [-0.2, 0) is 6.42 Å². The van der Waals surface area contributed by atoms with Crippen LogP contribution in [0.1, 0.15) is 5.56 Å². The molecule has 0 saturated carbocycles. The van der Waals surface area contributed by atoms with Crippen molar-refractivity contribution >= 4 is 29.5 Å². The molecule has 0 spiro atoms. The number of aromatic nitrogens is 4. The molecule has 32 heavy (non-hydrogen) atoms. The van der Waals surface area contributed by atoms with Crippen LogP contribution in [0.4, 0.5) is 5.95 Å². The van der Waals surface area contributed by atoms with Crippen LogP contribution >= 0.6 is 23.5 Å². The van der Waals surface area contributed by atoms with Crippen molar-refractivity contribution in [3.05, 3.63) is 77.6 Å². The molecule has 0 unspecified atom stereocenters. The van der Waals surface area contributed by atoms with Gasteiger partial charge in [-0.3, -0.25) is 14.3 Å². The minimum absolute atomic E-state index is 0.563. The van der Waals surface area contributed by atoms with Gasteiger partial charge in [-0.25, -0.2) is 0 Å². The van der Waals surface area contributed by atoms with Gasteiger partial charge in [0.15, 0.2) is 5.82 Å². The molecular weight excluding hydrogens is 446 g/mol. The van der Waals surface area contributed by atoms with Crippen molar-refractivity contribution in [1.82, 2.24) is 19.7 Å². The van der Waals surface area contributed by atoms with Crippen LogP contribution in [0, 0.1) is 0 Å². The predicted molar refractivity (Wildman–Crippen MR) is 129 cm³/mol. The lowest BCUT2D eigenvalue weighted by Gasteiger charge is -2.17. The quantitative estimate of drug-likeness (QED) is 0.264. The summed E-state index contributed by atoms with van der Waals surface area (Å²) >= 11 is 7.52. The van der Waals surface area contributed by atoms with Gasteiger partial charge < -0.3 is 9.47 Å². The fraction of sp³-hybridized carbons (Fsp3) is 0.174. The number of pyridine rings is 1. The van der Waals surface area contributed by atoms with E-state index in [0.29, 0.717) is 29.0 Å². The Morgan fingerprint density at radius 3 is 2.38 bits per heavy atom. The van der Waals surface area contributed by atoms with Crippen molar-refractivity contribution in [2.24, 2.45) is 0 Å². The molecule has 0 aliphatic rings. The van der Waals surface area contributed by atoms with Crippen LogP contribution in [-0.4, -0.2) is 39.7 Å². The van der Waals surface area contributed by atoms with Gasteiger partial charge in [-0.2, -0.15) is 0 Å². The SMILES string of the molecule is COc1cccc(OC)c1-n1c(NSCCc2ccc(Cl)cc2)nnc1-c1cccnc1. The normalized spacial score (nSPS) is 10.7. The lowest BCUT2D eigenvalue weighted by molar-refractivity contribution is 0.391. The van der Waals surface area contributed by atoms with Crippen LogP contribution in [0.25, 0.3) is 17.1 Å². The van der Waals surface area contributed by atoms with Gasteiger partial charge in [0.25, 0.3) is 0 Å². The zero-order valence-corrected chi connectivity index (χ0v) is 19.2. The summed E-state index contributed by atoms with van der Waals surface area (Å²) in [5.74, 6) is 3.31. The maximum atomic E-state index is 5.97. The lowest BCUT2D eigenvalue weighted by atomic mass is 10.2. The van der Waals surface area contributed by atoms with Crippen LogP contribution in [0.15, 0.2) is 67.0 Å². The highest BCUT2D eigenvalue weighted by molar-refractivity contribution is 8.00. The summed E-state index contributed by atoms with van der Waals surface area (Å²) in [5, 5.41) is 9.57. The molecule has 0 amide bonds. The molecule has 0 aliphatic heterocycles. The molecule has 164 valence electrons. The highest BCUT2D eigenvalue weighted by atomic mass is 35.5. The first-order valence-electron chi connectivity index (χ1n) is 9.90. The van der Waals surface area contributed by atoms with E-state index in [-0.39, 0.29) is 0 Å². The zero-order valence-electron chi connectivity index (χ0n) is 17.7. The van der Waals surface area contributed by atoms with E-state index in [0.717, 1.165) is 22.8 Å². The van der Waals surface area contributed by atoms with Crippen molar-refractivity contribution < 1.29 is 9.47 Å². The van der Waals surface area contributed by atoms with Crippen LogP contribution < -0.4 is 14.2 Å². The van der Waals surface area contributed by atoms with Gasteiger partial charge in [-0.1, -0.05) is 29.8 Å². The van der Waals surface area contributed by atoms with Gasteiger partial charge in [0, 0.05) is 28.7 Å². The Bertz CT molecular complexity index is 1150. The fourth-order valence-electron chi connectivity index (χ4n) is 3.23. The summed E-state index contributed by atoms with van der Waals surface area (Å²) in [6.07, 6.45) is 4.36. The number of nitrogens with zero attached hydrogens (tertiary/aromatic N) is 4. The van der Waals surface area contributed by atoms with Gasteiger partial charge in [0.05, 0.1) is 14.2 Å². The van der Waals surface area contributed by atoms with E-state index in [2.05, 4.69) is 19.9 Å². The molecule has 0 radical (unpaired) electrons. The topological polar surface area (TPSA) is 74.1 Å². The maximum absolute atomic E-state index is 5.97. The minimum atomic E-state index is 0.563. The van der Waals surface area contributed by atoms with Crippen molar-refractivity contribution in [2.75, 3.05) is 24.7 Å². The average molecular weight is 468 g/mol. The number of anilines is 1. The second-order valence-electron chi connectivity index (χ2n) is 6.76. The Morgan fingerprint density at radius 1 is 0.969 bits per heavy atom. The van der Waals surface area contributed by atoms with Gasteiger partial charge in [0.2, 0.25) is 5.95 Å². The third-order valence-corrected chi connectivity index (χ3v) is 5.76. The van der Waals surface area contributed by atoms with Gasteiger partial charge in [0.1, 0.15) is 17.2 Å². The van der Waals surface area contributed by atoms with E-state index in [4.69, 9.17) is 21.1 Å². The molecule has 2 aromatic heterocycles. The molecule has 0 fully saturated rings. The summed E-state index contributed by atoms with van der Waals surface area (Å²) in [5.41, 5.74) is 2.75. The molecule has 2 aromatic carbocycles. The van der Waals surface area contributed by atoms with Gasteiger partial charge in [-0.15, -0.1) is 10.2 Å². The van der Waals surface area contributed by atoms with E-state index in [9.17, 15) is 0 Å². The number of hydrogen-bond acceptors (Lipinski definition) is 7. The fourth-order valence-corrected chi connectivity index (χ4v) is 4.06. The molecule has 0 saturated heterocycles. The molecule has 0 bridgehead atoms. The highest BCUT2D eigenvalue weighted by Gasteiger charge is 2.22. The second-order valence-corrected chi connectivity index (χ2v) is 8.10. The van der Waals surface area contributed by atoms with Gasteiger partial charge >= 0.3 is 0 Å². The molecule has 0 atom stereocenters. The Kier molecular flexibility index (Phi) is 7.14. The van der Waals surface area contributed by atoms with Crippen molar-refractivity contribution in [2.45, 2.75) is 6.42 Å². The molecule has 2 heterocycles. The first kappa shape index (κ1) is 22.0. The van der Waals surface area contributed by atoms with Crippen molar-refractivity contribution in [3.8, 4) is 28.6 Å². The minimum Gasteiger partial charge on any atom is -0.494 e. The van der Waals surface area contributed by atoms with E-state index in [1.165, 1.54) is 5.56 Å². The van der Waals surface area contributed by atoms with Crippen molar-refractivity contribution in [1.29, 1.82) is 0 Å². The number of aryl methyl sites for hydroxylation is 1. The first-order valence-corrected chi connectivity index (χ1v) is 11.3. The van der Waals surface area contributed by atoms with Crippen LogP contribution in [0.2, 0.25) is 5.02 Å². The first-order chi connectivity index (χ1) is 15.7. The third kappa shape index (κ3) is 4.81. The average Bonchev–Trinajstić information content (AvgIpc) is 3.26. The summed E-state index contributed by atoms with van der Waals surface area (Å²) in [4.78, 5) is 4.23. The maximum Gasteiger partial charge on any atom is 0.239 e. The van der Waals surface area contributed by atoms with E-state index in [1.807, 2.05) is 59.2 Å². The smallest absolute Gasteiger partial charge is 0.239 e. The molecular formula is C23H22ClN5O2S. The lowest BCUT2D eigenvalue weighted by Crippen LogP contribution is -2.07. The number of benzene rings is 2. The van der Waals surface area contributed by atoms with Crippen LogP contribution in [0.5, 0.6) is 11.5 Å². The van der Waals surface area contributed by atoms with Gasteiger partial charge in [-0.05, 0) is 60.3 Å². The standard InChI is InChI=1S/C23H22ClN5O2S/c1-30-19-6-3-7-20(31-2)21(19)29-22(17-5-4-13-25-15-17)26-27-23(29)28-32-14-12-16-8-10-18(24)11-9-16/h3-11,13,15H,12,14H2,1-2H3,(H,27,28). The Hall–Kier alpha value is -3.23. The second kappa shape index (κ2) is 10.4. The summed E-state index contributed by atoms with van der Waals surface area (Å²) < 4.78 is 16.5. The molecule has 0 aliphatic carbocycles. The zero-order chi connectivity index (χ0) is 22.3. The summed E-state index contributed by atoms with van der Waals surface area (Å²) in [6, 6.07) is 17.3. The monoisotopic (exact) mass is 467 g/mol. The summed E-state index contributed by atoms with van der Waals surface area (Å²) in [6.45, 7) is 0. The Balaban J connectivity index is 1.65. The molecule has 7 nitrogen and oxygen atoms in total. The molecule has 9 heteroatoms. The number of methoxy groups -OCH3 is 2. The molecule has 4 aromatic rings. The molecule has 1 N–H and O–H groups in total. The molecule has 4 rings (SSSR count). The number of nitrogens with one attached hydrogen (secondary N) is 1. The number of rotatable bonds is 9. The van der Waals surface area contributed by atoms with E-state index < -0.39 is 0 Å². The highest BCUT2D eigenvalue weighted by Crippen LogP contribution is 2.37. The number of halogens is 1. The Morgan fingerprint density at radius 2 is 1.72 bits per heavy atom. The largest absolute Gasteiger partial charge is 0.494 e. The number of ether oxygens (including phenoxy) is 2. The Labute approximate surface area is 195 Å². The van der Waals surface area contributed by atoms with E-state index >= 15 is 0 Å². The van der Waals surface area contributed by atoms with Crippen molar-refractivity contribution in [3.63, 3.8) is 0 Å².